The van der Waals surface area contributed by atoms with Crippen molar-refractivity contribution in [1.29, 1.82) is 0 Å². The van der Waals surface area contributed by atoms with Crippen molar-refractivity contribution >= 4 is 29.1 Å². The first-order chi connectivity index (χ1) is 11.8. The zero-order valence-electron chi connectivity index (χ0n) is 14.7. The normalized spacial score (nSPS) is 11.8. The molecule has 25 heavy (non-hydrogen) atoms. The minimum absolute atomic E-state index is 0.158. The molecule has 2 aromatic rings. The monoisotopic (exact) mass is 381 g/mol. The van der Waals surface area contributed by atoms with Gasteiger partial charge < -0.3 is 14.4 Å². The summed E-state index contributed by atoms with van der Waals surface area (Å²) in [5.41, 5.74) is 2.05. The number of ether oxygens (including phenoxy) is 2. The molecule has 0 aliphatic heterocycles. The molecular weight excluding hydrogens is 361 g/mol. The van der Waals surface area contributed by atoms with E-state index in [2.05, 4.69) is 0 Å². The topological polar surface area (TPSA) is 38.8 Å². The van der Waals surface area contributed by atoms with Crippen molar-refractivity contribution < 1.29 is 14.3 Å². The summed E-state index contributed by atoms with van der Waals surface area (Å²) in [5, 5.41) is 0.884. The number of aryl methyl sites for hydroxylation is 1. The van der Waals surface area contributed by atoms with E-state index < -0.39 is 6.10 Å². The molecule has 0 saturated heterocycles. The lowest BCUT2D eigenvalue weighted by Crippen LogP contribution is -2.37. The SMILES string of the molecule is COc1ccc(C)cc1CN(C)C(=O)C(C)Oc1ccc(Cl)cc1Cl. The molecular formula is C19H21Cl2NO3. The standard InChI is InChI=1S/C19H21Cl2NO3/c1-12-5-7-17(24-4)14(9-12)11-22(3)19(23)13(2)25-18-8-6-15(20)10-16(18)21/h5-10,13H,11H2,1-4H3. The lowest BCUT2D eigenvalue weighted by Gasteiger charge is -2.23. The molecule has 0 fully saturated rings. The number of benzene rings is 2. The van der Waals surface area contributed by atoms with E-state index in [1.807, 2.05) is 25.1 Å². The van der Waals surface area contributed by atoms with E-state index in [4.69, 9.17) is 32.7 Å². The molecule has 2 rings (SSSR count). The van der Waals surface area contributed by atoms with E-state index in [1.54, 1.807) is 44.2 Å². The summed E-state index contributed by atoms with van der Waals surface area (Å²) in [6.07, 6.45) is -0.681. The van der Waals surface area contributed by atoms with Crippen LogP contribution in [0.1, 0.15) is 18.1 Å². The van der Waals surface area contributed by atoms with Gasteiger partial charge in [0.25, 0.3) is 5.91 Å². The molecule has 4 nitrogen and oxygen atoms in total. The number of halogens is 2. The van der Waals surface area contributed by atoms with Gasteiger partial charge in [-0.2, -0.15) is 0 Å². The maximum atomic E-state index is 12.6. The molecule has 0 bridgehead atoms. The molecule has 6 heteroatoms. The van der Waals surface area contributed by atoms with Crippen LogP contribution in [0.25, 0.3) is 0 Å². The second kappa shape index (κ2) is 8.45. The van der Waals surface area contributed by atoms with Gasteiger partial charge in [-0.15, -0.1) is 0 Å². The highest BCUT2D eigenvalue weighted by Gasteiger charge is 2.21. The third-order valence-electron chi connectivity index (χ3n) is 3.77. The van der Waals surface area contributed by atoms with Gasteiger partial charge in [0.1, 0.15) is 11.5 Å². The Morgan fingerprint density at radius 2 is 1.84 bits per heavy atom. The minimum Gasteiger partial charge on any atom is -0.496 e. The van der Waals surface area contributed by atoms with Gasteiger partial charge >= 0.3 is 0 Å². The number of carbonyl (C=O) groups is 1. The number of carbonyl (C=O) groups excluding carboxylic acids is 1. The molecule has 0 aliphatic rings. The third kappa shape index (κ3) is 5.03. The highest BCUT2D eigenvalue weighted by atomic mass is 35.5. The largest absolute Gasteiger partial charge is 0.496 e. The van der Waals surface area contributed by atoms with Crippen molar-refractivity contribution in [1.82, 2.24) is 4.90 Å². The van der Waals surface area contributed by atoms with Crippen LogP contribution in [0.15, 0.2) is 36.4 Å². The van der Waals surface area contributed by atoms with Crippen LogP contribution in [-0.4, -0.2) is 31.1 Å². The highest BCUT2D eigenvalue weighted by molar-refractivity contribution is 6.35. The molecule has 1 atom stereocenters. The quantitative estimate of drug-likeness (QED) is 0.725. The predicted molar refractivity (Wildman–Crippen MR) is 101 cm³/mol. The van der Waals surface area contributed by atoms with Crippen molar-refractivity contribution in [3.8, 4) is 11.5 Å². The van der Waals surface area contributed by atoms with E-state index >= 15 is 0 Å². The second-order valence-corrected chi connectivity index (χ2v) is 6.69. The lowest BCUT2D eigenvalue weighted by molar-refractivity contribution is -0.137. The highest BCUT2D eigenvalue weighted by Crippen LogP contribution is 2.28. The fourth-order valence-corrected chi connectivity index (χ4v) is 2.94. The Balaban J connectivity index is 2.07. The number of methoxy groups -OCH3 is 1. The van der Waals surface area contributed by atoms with Gasteiger partial charge in [0, 0.05) is 24.2 Å². The zero-order valence-corrected chi connectivity index (χ0v) is 16.2. The van der Waals surface area contributed by atoms with Gasteiger partial charge in [-0.3, -0.25) is 4.79 Å². The number of amides is 1. The summed E-state index contributed by atoms with van der Waals surface area (Å²) in [6.45, 7) is 4.11. The molecule has 1 unspecified atom stereocenters. The summed E-state index contributed by atoms with van der Waals surface area (Å²) in [6, 6.07) is 10.8. The van der Waals surface area contributed by atoms with Gasteiger partial charge in [0.05, 0.1) is 12.1 Å². The van der Waals surface area contributed by atoms with E-state index in [9.17, 15) is 4.79 Å². The summed E-state index contributed by atoms with van der Waals surface area (Å²) in [7, 11) is 3.34. The third-order valence-corrected chi connectivity index (χ3v) is 4.30. The molecule has 0 aromatic heterocycles. The Morgan fingerprint density at radius 1 is 1.16 bits per heavy atom. The number of hydrogen-bond acceptors (Lipinski definition) is 3. The van der Waals surface area contributed by atoms with Crippen LogP contribution in [0.3, 0.4) is 0 Å². The van der Waals surface area contributed by atoms with E-state index in [0.29, 0.717) is 22.3 Å². The van der Waals surface area contributed by atoms with E-state index in [-0.39, 0.29) is 5.91 Å². The lowest BCUT2D eigenvalue weighted by atomic mass is 10.1. The van der Waals surface area contributed by atoms with Crippen molar-refractivity contribution in [3.05, 3.63) is 57.6 Å². The Hall–Kier alpha value is -1.91. The number of nitrogens with zero attached hydrogens (tertiary/aromatic N) is 1. The summed E-state index contributed by atoms with van der Waals surface area (Å²) >= 11 is 12.0. The van der Waals surface area contributed by atoms with E-state index in [1.165, 1.54) is 0 Å². The first-order valence-electron chi connectivity index (χ1n) is 7.82. The average molecular weight is 382 g/mol. The average Bonchev–Trinajstić information content (AvgIpc) is 2.56. The molecule has 0 spiro atoms. The van der Waals surface area contributed by atoms with Crippen LogP contribution < -0.4 is 9.47 Å². The van der Waals surface area contributed by atoms with Crippen LogP contribution in [0.5, 0.6) is 11.5 Å². The van der Waals surface area contributed by atoms with Crippen molar-refractivity contribution in [2.45, 2.75) is 26.5 Å². The molecule has 0 aliphatic carbocycles. The second-order valence-electron chi connectivity index (χ2n) is 5.84. The Labute approximate surface area is 158 Å². The summed E-state index contributed by atoms with van der Waals surface area (Å²) < 4.78 is 11.1. The van der Waals surface area contributed by atoms with Crippen molar-refractivity contribution in [2.24, 2.45) is 0 Å². The Kier molecular flexibility index (Phi) is 6.57. The molecule has 1 amide bonds. The minimum atomic E-state index is -0.681. The maximum Gasteiger partial charge on any atom is 0.263 e. The van der Waals surface area contributed by atoms with E-state index in [0.717, 1.165) is 16.9 Å². The van der Waals surface area contributed by atoms with Crippen LogP contribution >= 0.6 is 23.2 Å². The van der Waals surface area contributed by atoms with Gasteiger partial charge in [-0.1, -0.05) is 40.9 Å². The summed E-state index contributed by atoms with van der Waals surface area (Å²) in [5.74, 6) is 1.02. The smallest absolute Gasteiger partial charge is 0.263 e. The summed E-state index contributed by atoms with van der Waals surface area (Å²) in [4.78, 5) is 14.2. The molecule has 0 saturated carbocycles. The maximum absolute atomic E-state index is 12.6. The van der Waals surface area contributed by atoms with Crippen LogP contribution in [0.2, 0.25) is 10.0 Å². The van der Waals surface area contributed by atoms with Crippen molar-refractivity contribution in [3.63, 3.8) is 0 Å². The van der Waals surface area contributed by atoms with Crippen LogP contribution in [0.4, 0.5) is 0 Å². The fourth-order valence-electron chi connectivity index (χ4n) is 2.49. The molecule has 0 heterocycles. The molecule has 0 radical (unpaired) electrons. The first kappa shape index (κ1) is 19.4. The molecule has 2 aromatic carbocycles. The van der Waals surface area contributed by atoms with Crippen LogP contribution in [0, 0.1) is 6.92 Å². The number of likely N-dealkylation sites (N-methyl/N-ethyl adjacent to an activating group) is 1. The predicted octanol–water partition coefficient (Wildman–Crippen LogP) is 4.74. The van der Waals surface area contributed by atoms with Crippen molar-refractivity contribution in [2.75, 3.05) is 14.2 Å². The number of hydrogen-bond donors (Lipinski definition) is 0. The van der Waals surface area contributed by atoms with Gasteiger partial charge in [0.15, 0.2) is 6.10 Å². The van der Waals surface area contributed by atoms with Gasteiger partial charge in [0.2, 0.25) is 0 Å². The van der Waals surface area contributed by atoms with Gasteiger partial charge in [-0.25, -0.2) is 0 Å². The Morgan fingerprint density at radius 3 is 2.48 bits per heavy atom. The Bertz CT molecular complexity index is 764. The first-order valence-corrected chi connectivity index (χ1v) is 8.57. The number of rotatable bonds is 6. The molecule has 134 valence electrons. The fraction of sp³-hybridized carbons (Fsp3) is 0.316. The zero-order chi connectivity index (χ0) is 18.6. The van der Waals surface area contributed by atoms with Gasteiger partial charge in [-0.05, 0) is 38.1 Å². The van der Waals surface area contributed by atoms with Crippen LogP contribution in [-0.2, 0) is 11.3 Å². The molecule has 0 N–H and O–H groups in total.